The number of fused-ring (bicyclic) bond motifs is 1. The molecule has 0 heterocycles. The van der Waals surface area contributed by atoms with Crippen molar-refractivity contribution < 1.29 is 9.84 Å². The summed E-state index contributed by atoms with van der Waals surface area (Å²) in [6.45, 7) is -0.0465. The summed E-state index contributed by atoms with van der Waals surface area (Å²) in [5.74, 6) is 0.881. The topological polar surface area (TPSA) is 55.5 Å². The van der Waals surface area contributed by atoms with Gasteiger partial charge in [-0.3, -0.25) is 0 Å². The van der Waals surface area contributed by atoms with E-state index in [0.29, 0.717) is 0 Å². The van der Waals surface area contributed by atoms with Crippen molar-refractivity contribution in [1.82, 2.24) is 0 Å². The molecule has 1 atom stereocenters. The highest BCUT2D eigenvalue weighted by Crippen LogP contribution is 2.35. The van der Waals surface area contributed by atoms with Crippen LogP contribution < -0.4 is 10.5 Å². The molecule has 0 bridgehead atoms. The average molecular weight is 207 g/mol. The lowest BCUT2D eigenvalue weighted by Crippen LogP contribution is -2.16. The molecule has 1 unspecified atom stereocenters. The molecule has 2 rings (SSSR count). The van der Waals surface area contributed by atoms with E-state index in [1.54, 1.807) is 7.11 Å². The van der Waals surface area contributed by atoms with Crippen LogP contribution in [0.4, 0.5) is 0 Å². The van der Waals surface area contributed by atoms with Crippen LogP contribution in [0.2, 0.25) is 0 Å². The van der Waals surface area contributed by atoms with Crippen LogP contribution in [0, 0.1) is 0 Å². The molecule has 3 N–H and O–H groups in total. The minimum Gasteiger partial charge on any atom is -0.496 e. The lowest BCUT2D eigenvalue weighted by atomic mass is 10.00. The summed E-state index contributed by atoms with van der Waals surface area (Å²) in [6, 6.07) is 3.74. The van der Waals surface area contributed by atoms with Gasteiger partial charge >= 0.3 is 0 Å². The molecule has 15 heavy (non-hydrogen) atoms. The second-order valence-corrected chi connectivity index (χ2v) is 3.97. The smallest absolute Gasteiger partial charge is 0.127 e. The Kier molecular flexibility index (Phi) is 2.93. The summed E-state index contributed by atoms with van der Waals surface area (Å²) >= 11 is 0. The van der Waals surface area contributed by atoms with Gasteiger partial charge in [-0.05, 0) is 30.4 Å². The predicted molar refractivity (Wildman–Crippen MR) is 59.0 cm³/mol. The Morgan fingerprint density at radius 2 is 2.27 bits per heavy atom. The fourth-order valence-corrected chi connectivity index (χ4v) is 2.28. The van der Waals surface area contributed by atoms with Crippen LogP contribution in [0.5, 0.6) is 5.75 Å². The molecule has 1 aromatic carbocycles. The van der Waals surface area contributed by atoms with E-state index >= 15 is 0 Å². The second-order valence-electron chi connectivity index (χ2n) is 3.97. The van der Waals surface area contributed by atoms with Gasteiger partial charge in [-0.2, -0.15) is 0 Å². The second kappa shape index (κ2) is 4.21. The number of ether oxygens (including phenoxy) is 1. The van der Waals surface area contributed by atoms with Crippen LogP contribution in [0.3, 0.4) is 0 Å². The van der Waals surface area contributed by atoms with Crippen molar-refractivity contribution in [2.75, 3.05) is 13.7 Å². The van der Waals surface area contributed by atoms with Gasteiger partial charge in [-0.1, -0.05) is 12.1 Å². The number of hydrogen-bond acceptors (Lipinski definition) is 3. The number of hydrogen-bond donors (Lipinski definition) is 2. The van der Waals surface area contributed by atoms with E-state index in [1.165, 1.54) is 17.5 Å². The SMILES string of the molecule is COc1c(C(N)CO)ccc2c1CCC2. The molecule has 3 nitrogen and oxygen atoms in total. The van der Waals surface area contributed by atoms with Crippen LogP contribution in [-0.4, -0.2) is 18.8 Å². The molecule has 1 aliphatic carbocycles. The largest absolute Gasteiger partial charge is 0.496 e. The molecule has 1 aromatic rings. The van der Waals surface area contributed by atoms with Crippen LogP contribution in [-0.2, 0) is 12.8 Å². The molecule has 0 radical (unpaired) electrons. The van der Waals surface area contributed by atoms with Crippen molar-refractivity contribution in [3.05, 3.63) is 28.8 Å². The molecular formula is C12H17NO2. The van der Waals surface area contributed by atoms with Crippen LogP contribution in [0.15, 0.2) is 12.1 Å². The maximum Gasteiger partial charge on any atom is 0.127 e. The zero-order chi connectivity index (χ0) is 10.8. The van der Waals surface area contributed by atoms with Gasteiger partial charge in [0.15, 0.2) is 0 Å². The molecule has 0 fully saturated rings. The lowest BCUT2D eigenvalue weighted by molar-refractivity contribution is 0.264. The number of aliphatic hydroxyl groups is 1. The molecule has 0 saturated carbocycles. The number of rotatable bonds is 3. The molecule has 82 valence electrons. The first kappa shape index (κ1) is 10.5. The Labute approximate surface area is 89.9 Å². The van der Waals surface area contributed by atoms with Gasteiger partial charge in [0, 0.05) is 5.56 Å². The third-order valence-corrected chi connectivity index (χ3v) is 3.06. The molecule has 0 aliphatic heterocycles. The number of benzene rings is 1. The Balaban J connectivity index is 2.48. The normalized spacial score (nSPS) is 16.2. The van der Waals surface area contributed by atoms with E-state index in [9.17, 15) is 0 Å². The molecule has 1 aliphatic rings. The van der Waals surface area contributed by atoms with E-state index in [0.717, 1.165) is 24.2 Å². The summed E-state index contributed by atoms with van der Waals surface area (Å²) in [5.41, 5.74) is 9.39. The fraction of sp³-hybridized carbons (Fsp3) is 0.500. The van der Waals surface area contributed by atoms with Crippen molar-refractivity contribution in [1.29, 1.82) is 0 Å². The Morgan fingerprint density at radius 3 is 2.93 bits per heavy atom. The number of aryl methyl sites for hydroxylation is 1. The number of nitrogens with two attached hydrogens (primary N) is 1. The molecular weight excluding hydrogens is 190 g/mol. The zero-order valence-corrected chi connectivity index (χ0v) is 8.99. The van der Waals surface area contributed by atoms with Crippen LogP contribution in [0.1, 0.15) is 29.2 Å². The number of aliphatic hydroxyl groups excluding tert-OH is 1. The molecule has 3 heteroatoms. The fourth-order valence-electron chi connectivity index (χ4n) is 2.28. The highest BCUT2D eigenvalue weighted by Gasteiger charge is 2.20. The third kappa shape index (κ3) is 1.73. The molecule has 0 spiro atoms. The van der Waals surface area contributed by atoms with Crippen molar-refractivity contribution in [3.8, 4) is 5.75 Å². The van der Waals surface area contributed by atoms with Crippen LogP contribution in [0.25, 0.3) is 0 Å². The quantitative estimate of drug-likeness (QED) is 0.782. The first-order valence-corrected chi connectivity index (χ1v) is 5.33. The lowest BCUT2D eigenvalue weighted by Gasteiger charge is -2.16. The van der Waals surface area contributed by atoms with Gasteiger partial charge in [-0.25, -0.2) is 0 Å². The van der Waals surface area contributed by atoms with E-state index in [2.05, 4.69) is 6.07 Å². The predicted octanol–water partition coefficient (Wildman–Crippen LogP) is 1.18. The van der Waals surface area contributed by atoms with E-state index < -0.39 is 0 Å². The first-order chi connectivity index (χ1) is 7.27. The molecule has 0 aromatic heterocycles. The molecule has 0 saturated heterocycles. The van der Waals surface area contributed by atoms with Crippen molar-refractivity contribution >= 4 is 0 Å². The van der Waals surface area contributed by atoms with Crippen molar-refractivity contribution in [2.45, 2.75) is 25.3 Å². The Bertz CT molecular complexity index is 363. The standard InChI is InChI=1S/C12H17NO2/c1-15-12-9-4-2-3-8(9)5-6-10(12)11(13)7-14/h5-6,11,14H,2-4,7,13H2,1H3. The van der Waals surface area contributed by atoms with E-state index in [-0.39, 0.29) is 12.6 Å². The summed E-state index contributed by atoms with van der Waals surface area (Å²) < 4.78 is 5.42. The van der Waals surface area contributed by atoms with Gasteiger partial charge in [0.1, 0.15) is 5.75 Å². The highest BCUT2D eigenvalue weighted by molar-refractivity contribution is 5.49. The van der Waals surface area contributed by atoms with Gasteiger partial charge < -0.3 is 15.6 Å². The zero-order valence-electron chi connectivity index (χ0n) is 8.99. The monoisotopic (exact) mass is 207 g/mol. The summed E-state index contributed by atoms with van der Waals surface area (Å²) in [6.07, 6.45) is 3.37. The Hall–Kier alpha value is -1.06. The summed E-state index contributed by atoms with van der Waals surface area (Å²) in [7, 11) is 1.67. The minimum absolute atomic E-state index is 0.0465. The summed E-state index contributed by atoms with van der Waals surface area (Å²) in [4.78, 5) is 0. The van der Waals surface area contributed by atoms with Crippen molar-refractivity contribution in [3.63, 3.8) is 0 Å². The maximum absolute atomic E-state index is 9.08. The van der Waals surface area contributed by atoms with E-state index in [4.69, 9.17) is 15.6 Å². The van der Waals surface area contributed by atoms with Gasteiger partial charge in [0.05, 0.1) is 19.8 Å². The van der Waals surface area contributed by atoms with Gasteiger partial charge in [0.2, 0.25) is 0 Å². The maximum atomic E-state index is 9.08. The minimum atomic E-state index is -0.342. The highest BCUT2D eigenvalue weighted by atomic mass is 16.5. The van der Waals surface area contributed by atoms with Gasteiger partial charge in [0.25, 0.3) is 0 Å². The third-order valence-electron chi connectivity index (χ3n) is 3.06. The Morgan fingerprint density at radius 1 is 1.47 bits per heavy atom. The first-order valence-electron chi connectivity index (χ1n) is 5.33. The van der Waals surface area contributed by atoms with Crippen LogP contribution >= 0.6 is 0 Å². The summed E-state index contributed by atoms with van der Waals surface area (Å²) in [5, 5.41) is 9.08. The van der Waals surface area contributed by atoms with Gasteiger partial charge in [-0.15, -0.1) is 0 Å². The molecule has 0 amide bonds. The average Bonchev–Trinajstić information content (AvgIpc) is 2.74. The van der Waals surface area contributed by atoms with Crippen molar-refractivity contribution in [2.24, 2.45) is 5.73 Å². The van der Waals surface area contributed by atoms with E-state index in [1.807, 2.05) is 6.07 Å². The number of methoxy groups -OCH3 is 1.